The molecule has 3 nitrogen and oxygen atoms in total. The largest absolute Gasteiger partial charge is 0.368 e. The highest BCUT2D eigenvalue weighted by Crippen LogP contribution is 2.27. The number of rotatable bonds is 3. The van der Waals surface area contributed by atoms with E-state index in [1.807, 2.05) is 0 Å². The van der Waals surface area contributed by atoms with Crippen LogP contribution in [0.5, 0.6) is 0 Å². The number of carbonyl (C=O) groups is 1. The summed E-state index contributed by atoms with van der Waals surface area (Å²) in [5.74, 6) is 0.856. The van der Waals surface area contributed by atoms with Crippen molar-refractivity contribution in [2.24, 2.45) is 5.92 Å². The Morgan fingerprint density at radius 2 is 2.25 bits per heavy atom. The first kappa shape index (κ1) is 8.05. The maximum absolute atomic E-state index is 11.3. The molecule has 2 aliphatic rings. The third kappa shape index (κ3) is 1.97. The van der Waals surface area contributed by atoms with Crippen molar-refractivity contribution in [1.29, 1.82) is 0 Å². The molecule has 1 amide bonds. The molecule has 0 spiro atoms. The summed E-state index contributed by atoms with van der Waals surface area (Å²) in [6.07, 6.45) is 4.35. The molecule has 0 aromatic heterocycles. The minimum atomic E-state index is -0.149. The standard InChI is InChI=1S/C9H15NO2/c11-9(8-2-1-5-12-8)10-6-7-3-4-7/h7-8H,1-6H2,(H,10,11)/t8-/m1/s1. The lowest BCUT2D eigenvalue weighted by Gasteiger charge is -2.09. The maximum atomic E-state index is 11.3. The topological polar surface area (TPSA) is 38.3 Å². The van der Waals surface area contributed by atoms with Gasteiger partial charge in [0.1, 0.15) is 6.10 Å². The van der Waals surface area contributed by atoms with Crippen LogP contribution in [0.25, 0.3) is 0 Å². The summed E-state index contributed by atoms with van der Waals surface area (Å²) in [5.41, 5.74) is 0. The molecule has 2 rings (SSSR count). The molecule has 2 fully saturated rings. The first-order valence-corrected chi connectivity index (χ1v) is 4.75. The molecule has 1 saturated carbocycles. The van der Waals surface area contributed by atoms with E-state index in [2.05, 4.69) is 5.32 Å². The summed E-state index contributed by atoms with van der Waals surface area (Å²) in [6, 6.07) is 0. The van der Waals surface area contributed by atoms with E-state index in [-0.39, 0.29) is 12.0 Å². The summed E-state index contributed by atoms with van der Waals surface area (Å²) in [6.45, 7) is 1.61. The predicted molar refractivity (Wildman–Crippen MR) is 44.7 cm³/mol. The van der Waals surface area contributed by atoms with Gasteiger partial charge in [0.2, 0.25) is 5.91 Å². The maximum Gasteiger partial charge on any atom is 0.249 e. The second-order valence-electron chi connectivity index (χ2n) is 3.69. The monoisotopic (exact) mass is 169 g/mol. The van der Waals surface area contributed by atoms with Crippen molar-refractivity contribution in [3.05, 3.63) is 0 Å². The van der Waals surface area contributed by atoms with Crippen molar-refractivity contribution >= 4 is 5.91 Å². The van der Waals surface area contributed by atoms with Crippen molar-refractivity contribution in [3.63, 3.8) is 0 Å². The molecule has 1 aliphatic carbocycles. The second-order valence-corrected chi connectivity index (χ2v) is 3.69. The quantitative estimate of drug-likeness (QED) is 0.675. The fourth-order valence-corrected chi connectivity index (χ4v) is 1.47. The fraction of sp³-hybridized carbons (Fsp3) is 0.889. The third-order valence-electron chi connectivity index (χ3n) is 2.48. The van der Waals surface area contributed by atoms with Crippen LogP contribution in [-0.2, 0) is 9.53 Å². The van der Waals surface area contributed by atoms with Gasteiger partial charge in [-0.3, -0.25) is 4.79 Å². The zero-order chi connectivity index (χ0) is 8.39. The van der Waals surface area contributed by atoms with Crippen molar-refractivity contribution in [2.75, 3.05) is 13.2 Å². The van der Waals surface area contributed by atoms with Gasteiger partial charge in [-0.15, -0.1) is 0 Å². The van der Waals surface area contributed by atoms with Crippen molar-refractivity contribution < 1.29 is 9.53 Å². The number of hydrogen-bond acceptors (Lipinski definition) is 2. The zero-order valence-electron chi connectivity index (χ0n) is 7.21. The Morgan fingerprint density at radius 1 is 1.42 bits per heavy atom. The van der Waals surface area contributed by atoms with E-state index in [9.17, 15) is 4.79 Å². The zero-order valence-corrected chi connectivity index (χ0v) is 7.21. The highest BCUT2D eigenvalue weighted by atomic mass is 16.5. The molecule has 0 radical (unpaired) electrons. The van der Waals surface area contributed by atoms with E-state index in [0.717, 1.165) is 31.9 Å². The van der Waals surface area contributed by atoms with Gasteiger partial charge in [-0.25, -0.2) is 0 Å². The molecule has 0 aromatic carbocycles. The summed E-state index contributed by atoms with van der Waals surface area (Å²) in [5, 5.41) is 2.92. The molecular weight excluding hydrogens is 154 g/mol. The number of hydrogen-bond donors (Lipinski definition) is 1. The van der Waals surface area contributed by atoms with Crippen LogP contribution in [0.2, 0.25) is 0 Å². The van der Waals surface area contributed by atoms with E-state index in [1.54, 1.807) is 0 Å². The fourth-order valence-electron chi connectivity index (χ4n) is 1.47. The first-order valence-electron chi connectivity index (χ1n) is 4.75. The van der Waals surface area contributed by atoms with Crippen LogP contribution in [0.1, 0.15) is 25.7 Å². The van der Waals surface area contributed by atoms with Crippen LogP contribution in [0.3, 0.4) is 0 Å². The van der Waals surface area contributed by atoms with Gasteiger partial charge in [0.15, 0.2) is 0 Å². The van der Waals surface area contributed by atoms with Crippen molar-refractivity contribution in [2.45, 2.75) is 31.8 Å². The molecule has 1 saturated heterocycles. The lowest BCUT2D eigenvalue weighted by atomic mass is 10.2. The average Bonchev–Trinajstić information content (AvgIpc) is 2.74. The highest BCUT2D eigenvalue weighted by molar-refractivity contribution is 5.80. The molecule has 68 valence electrons. The van der Waals surface area contributed by atoms with Gasteiger partial charge in [0, 0.05) is 13.2 Å². The van der Waals surface area contributed by atoms with Crippen LogP contribution < -0.4 is 5.32 Å². The van der Waals surface area contributed by atoms with Crippen LogP contribution in [0.15, 0.2) is 0 Å². The van der Waals surface area contributed by atoms with Gasteiger partial charge in [-0.1, -0.05) is 0 Å². The van der Waals surface area contributed by atoms with Gasteiger partial charge in [-0.2, -0.15) is 0 Å². The summed E-state index contributed by atoms with van der Waals surface area (Å²) in [7, 11) is 0. The Hall–Kier alpha value is -0.570. The van der Waals surface area contributed by atoms with E-state index in [4.69, 9.17) is 4.74 Å². The Balaban J connectivity index is 1.67. The summed E-state index contributed by atoms with van der Waals surface area (Å²) in [4.78, 5) is 11.3. The van der Waals surface area contributed by atoms with E-state index >= 15 is 0 Å². The Morgan fingerprint density at radius 3 is 2.83 bits per heavy atom. The minimum Gasteiger partial charge on any atom is -0.368 e. The average molecular weight is 169 g/mol. The predicted octanol–water partition coefficient (Wildman–Crippen LogP) is 0.692. The van der Waals surface area contributed by atoms with E-state index in [0.29, 0.717) is 0 Å². The molecule has 1 aliphatic heterocycles. The minimum absolute atomic E-state index is 0.0967. The normalized spacial score (nSPS) is 28.8. The number of amides is 1. The first-order chi connectivity index (χ1) is 5.86. The van der Waals surface area contributed by atoms with Gasteiger partial charge < -0.3 is 10.1 Å². The van der Waals surface area contributed by atoms with Crippen molar-refractivity contribution in [1.82, 2.24) is 5.32 Å². The molecule has 1 heterocycles. The molecule has 3 heteroatoms. The Bertz CT molecular complexity index is 171. The van der Waals surface area contributed by atoms with Gasteiger partial charge in [0.05, 0.1) is 0 Å². The third-order valence-corrected chi connectivity index (χ3v) is 2.48. The number of nitrogens with one attached hydrogen (secondary N) is 1. The molecule has 12 heavy (non-hydrogen) atoms. The smallest absolute Gasteiger partial charge is 0.249 e. The number of ether oxygens (including phenoxy) is 1. The van der Waals surface area contributed by atoms with Crippen molar-refractivity contribution in [3.8, 4) is 0 Å². The van der Waals surface area contributed by atoms with Gasteiger partial charge >= 0.3 is 0 Å². The molecule has 0 bridgehead atoms. The summed E-state index contributed by atoms with van der Waals surface area (Å²) < 4.78 is 5.26. The molecule has 1 N–H and O–H groups in total. The summed E-state index contributed by atoms with van der Waals surface area (Å²) >= 11 is 0. The molecule has 0 aromatic rings. The lowest BCUT2D eigenvalue weighted by molar-refractivity contribution is -0.130. The SMILES string of the molecule is O=C(NCC1CC1)[C@H]1CCCO1. The number of carbonyl (C=O) groups excluding carboxylic acids is 1. The van der Waals surface area contributed by atoms with Crippen LogP contribution in [0, 0.1) is 5.92 Å². The van der Waals surface area contributed by atoms with Crippen LogP contribution in [-0.4, -0.2) is 25.2 Å². The Kier molecular flexibility index (Phi) is 2.30. The highest BCUT2D eigenvalue weighted by Gasteiger charge is 2.26. The second kappa shape index (κ2) is 3.44. The van der Waals surface area contributed by atoms with Gasteiger partial charge in [0.25, 0.3) is 0 Å². The van der Waals surface area contributed by atoms with E-state index in [1.165, 1.54) is 12.8 Å². The van der Waals surface area contributed by atoms with E-state index < -0.39 is 0 Å². The van der Waals surface area contributed by atoms with Gasteiger partial charge in [-0.05, 0) is 31.6 Å². The Labute approximate surface area is 72.5 Å². The van der Waals surface area contributed by atoms with Crippen LogP contribution >= 0.6 is 0 Å². The lowest BCUT2D eigenvalue weighted by Crippen LogP contribution is -2.35. The molecular formula is C9H15NO2. The molecule has 1 atom stereocenters. The van der Waals surface area contributed by atoms with Crippen LogP contribution in [0.4, 0.5) is 0 Å². The molecule has 0 unspecified atom stereocenters.